The summed E-state index contributed by atoms with van der Waals surface area (Å²) in [5.74, 6) is -1.71. The first kappa shape index (κ1) is 53.3. The number of aliphatic carboxylic acids is 1. The molecule has 2 unspecified atom stereocenters. The molecule has 326 valence electrons. The minimum absolute atomic E-state index is 0.0493. The van der Waals surface area contributed by atoms with Gasteiger partial charge in [-0.1, -0.05) is 200 Å². The van der Waals surface area contributed by atoms with Gasteiger partial charge >= 0.3 is 11.9 Å². The van der Waals surface area contributed by atoms with E-state index in [2.05, 4.69) is 13.8 Å². The van der Waals surface area contributed by atoms with Gasteiger partial charge in [0.15, 0.2) is 6.10 Å². The number of ether oxygens (including phenoxy) is 3. The Kier molecular flexibility index (Phi) is 38.0. The molecule has 0 aromatic rings. The number of likely N-dealkylation sites (N-methyl/N-ethyl adjacent to an activating group) is 1. The molecule has 0 aromatic carbocycles. The van der Waals surface area contributed by atoms with Gasteiger partial charge in [-0.2, -0.15) is 0 Å². The van der Waals surface area contributed by atoms with Crippen LogP contribution in [0, 0.1) is 0 Å². The second-order valence-electron chi connectivity index (χ2n) is 17.4. The van der Waals surface area contributed by atoms with Crippen LogP contribution in [0.3, 0.4) is 0 Å². The number of carboxylic acid groups (broad SMARTS) is 1. The first-order valence-electron chi connectivity index (χ1n) is 23.6. The van der Waals surface area contributed by atoms with Crippen LogP contribution in [0.4, 0.5) is 0 Å². The van der Waals surface area contributed by atoms with Crippen LogP contribution < -0.4 is 5.11 Å². The maximum absolute atomic E-state index is 12.7. The molecule has 0 aromatic heterocycles. The van der Waals surface area contributed by atoms with E-state index in [1.165, 1.54) is 161 Å². The average molecular weight is 782 g/mol. The van der Waals surface area contributed by atoms with Crippen LogP contribution in [0.15, 0.2) is 0 Å². The molecule has 8 heteroatoms. The van der Waals surface area contributed by atoms with Crippen LogP contribution >= 0.6 is 0 Å². The van der Waals surface area contributed by atoms with Crippen LogP contribution in [-0.2, 0) is 28.6 Å². The molecule has 0 aliphatic rings. The van der Waals surface area contributed by atoms with Crippen molar-refractivity contribution in [3.63, 3.8) is 0 Å². The largest absolute Gasteiger partial charge is 0.544 e. The highest BCUT2D eigenvalue weighted by atomic mass is 16.6. The second kappa shape index (κ2) is 39.2. The van der Waals surface area contributed by atoms with Crippen molar-refractivity contribution in [1.82, 2.24) is 0 Å². The Balaban J connectivity index is 4.23. The zero-order chi connectivity index (χ0) is 40.7. The van der Waals surface area contributed by atoms with E-state index in [1.807, 2.05) is 21.1 Å². The molecule has 8 nitrogen and oxygen atoms in total. The van der Waals surface area contributed by atoms with E-state index >= 15 is 0 Å². The molecule has 0 saturated heterocycles. The Morgan fingerprint density at radius 2 is 0.800 bits per heavy atom. The van der Waals surface area contributed by atoms with E-state index in [9.17, 15) is 19.5 Å². The SMILES string of the molecule is CCCCCCCCCCCCCCCCCCCCC(=O)OCC(COCCC(C(=O)[O-])[N+](C)(C)C)OC(=O)CCCCCCCCCCCCCCC. The fourth-order valence-electron chi connectivity index (χ4n) is 7.31. The fourth-order valence-corrected chi connectivity index (χ4v) is 7.31. The predicted octanol–water partition coefficient (Wildman–Crippen LogP) is 11.6. The maximum atomic E-state index is 12.7. The average Bonchev–Trinajstić information content (AvgIpc) is 3.14. The van der Waals surface area contributed by atoms with Crippen LogP contribution in [0.2, 0.25) is 0 Å². The zero-order valence-corrected chi connectivity index (χ0v) is 37.1. The number of carbonyl (C=O) groups is 3. The molecule has 0 rings (SSSR count). The zero-order valence-electron chi connectivity index (χ0n) is 37.1. The molecular formula is C47H91NO7. The maximum Gasteiger partial charge on any atom is 0.306 e. The van der Waals surface area contributed by atoms with Crippen molar-refractivity contribution >= 4 is 17.9 Å². The number of rotatable bonds is 43. The van der Waals surface area contributed by atoms with Crippen molar-refractivity contribution in [2.24, 2.45) is 0 Å². The highest BCUT2D eigenvalue weighted by Crippen LogP contribution is 2.16. The van der Waals surface area contributed by atoms with Gasteiger partial charge in [-0.05, 0) is 12.8 Å². The fraction of sp³-hybridized carbons (Fsp3) is 0.936. The molecule has 0 fully saturated rings. The molecular weight excluding hydrogens is 691 g/mol. The molecule has 0 N–H and O–H groups in total. The summed E-state index contributed by atoms with van der Waals surface area (Å²) >= 11 is 0. The van der Waals surface area contributed by atoms with Crippen LogP contribution in [0.5, 0.6) is 0 Å². The van der Waals surface area contributed by atoms with Crippen molar-refractivity contribution in [1.29, 1.82) is 0 Å². The minimum atomic E-state index is -1.12. The van der Waals surface area contributed by atoms with Crippen molar-refractivity contribution in [3.05, 3.63) is 0 Å². The van der Waals surface area contributed by atoms with Gasteiger partial charge in [0.25, 0.3) is 0 Å². The molecule has 0 aliphatic carbocycles. The number of quaternary nitrogens is 1. The Labute approximate surface area is 340 Å². The minimum Gasteiger partial charge on any atom is -0.544 e. The van der Waals surface area contributed by atoms with Gasteiger partial charge < -0.3 is 28.6 Å². The Morgan fingerprint density at radius 1 is 0.473 bits per heavy atom. The highest BCUT2D eigenvalue weighted by Gasteiger charge is 2.25. The number of hydrogen-bond acceptors (Lipinski definition) is 7. The monoisotopic (exact) mass is 782 g/mol. The Bertz CT molecular complexity index is 874. The van der Waals surface area contributed by atoms with E-state index in [0.717, 1.165) is 38.5 Å². The molecule has 55 heavy (non-hydrogen) atoms. The molecule has 0 aliphatic heterocycles. The molecule has 0 radical (unpaired) electrons. The van der Waals surface area contributed by atoms with Gasteiger partial charge in [0.2, 0.25) is 0 Å². The molecule has 2 atom stereocenters. The Morgan fingerprint density at radius 3 is 1.13 bits per heavy atom. The molecule has 0 heterocycles. The van der Waals surface area contributed by atoms with Crippen molar-refractivity contribution in [3.8, 4) is 0 Å². The summed E-state index contributed by atoms with van der Waals surface area (Å²) in [6.07, 6.45) is 39.8. The summed E-state index contributed by atoms with van der Waals surface area (Å²) in [4.78, 5) is 36.9. The topological polar surface area (TPSA) is 102 Å². The quantitative estimate of drug-likeness (QED) is 0.0345. The third kappa shape index (κ3) is 37.7. The first-order valence-corrected chi connectivity index (χ1v) is 23.6. The van der Waals surface area contributed by atoms with E-state index in [0.29, 0.717) is 12.8 Å². The third-order valence-corrected chi connectivity index (χ3v) is 11.0. The molecule has 0 spiro atoms. The van der Waals surface area contributed by atoms with Crippen LogP contribution in [0.25, 0.3) is 0 Å². The molecule has 0 bridgehead atoms. The van der Waals surface area contributed by atoms with Crippen LogP contribution in [-0.4, -0.2) is 75.5 Å². The summed E-state index contributed by atoms with van der Waals surface area (Å²) < 4.78 is 17.2. The van der Waals surface area contributed by atoms with E-state index < -0.39 is 18.1 Å². The lowest BCUT2D eigenvalue weighted by Crippen LogP contribution is -2.55. The summed E-state index contributed by atoms with van der Waals surface area (Å²) in [6, 6.07) is -0.719. The number of carbonyl (C=O) groups excluding carboxylic acids is 3. The number of esters is 2. The first-order chi connectivity index (χ1) is 26.6. The lowest BCUT2D eigenvalue weighted by molar-refractivity contribution is -0.889. The number of unbranched alkanes of at least 4 members (excludes halogenated alkanes) is 29. The highest BCUT2D eigenvalue weighted by molar-refractivity contribution is 5.70. The molecule has 0 amide bonds. The summed E-state index contributed by atoms with van der Waals surface area (Å²) in [6.45, 7) is 4.70. The number of hydrogen-bond donors (Lipinski definition) is 0. The van der Waals surface area contributed by atoms with Crippen LogP contribution in [0.1, 0.15) is 232 Å². The predicted molar refractivity (Wildman–Crippen MR) is 227 cm³/mol. The van der Waals surface area contributed by atoms with E-state index in [-0.39, 0.29) is 42.7 Å². The normalized spacial score (nSPS) is 12.8. The van der Waals surface area contributed by atoms with Crippen molar-refractivity contribution in [2.75, 3.05) is 41.0 Å². The number of nitrogens with zero attached hydrogens (tertiary/aromatic N) is 1. The lowest BCUT2D eigenvalue weighted by Gasteiger charge is -2.34. The standard InChI is InChI=1S/C47H91NO7/c1-6-8-10-12-14-16-18-20-21-22-23-24-26-27-29-31-33-35-37-45(49)54-42-43(41-53-40-39-44(47(51)52)48(3,4)5)55-46(50)38-36-34-32-30-28-25-19-17-15-13-11-9-7-2/h43-44H,6-42H2,1-5H3. The van der Waals surface area contributed by atoms with Gasteiger partial charge in [0, 0.05) is 19.3 Å². The smallest absolute Gasteiger partial charge is 0.306 e. The van der Waals surface area contributed by atoms with Gasteiger partial charge in [-0.3, -0.25) is 9.59 Å². The van der Waals surface area contributed by atoms with E-state index in [4.69, 9.17) is 14.2 Å². The van der Waals surface area contributed by atoms with Gasteiger partial charge in [-0.25, -0.2) is 0 Å². The van der Waals surface area contributed by atoms with E-state index in [1.54, 1.807) is 0 Å². The van der Waals surface area contributed by atoms with Crippen molar-refractivity contribution < 1.29 is 38.2 Å². The summed E-state index contributed by atoms with van der Waals surface area (Å²) in [5, 5.41) is 11.6. The van der Waals surface area contributed by atoms with Gasteiger partial charge in [-0.15, -0.1) is 0 Å². The Hall–Kier alpha value is -1.67. The summed E-state index contributed by atoms with van der Waals surface area (Å²) in [7, 11) is 5.42. The second-order valence-corrected chi connectivity index (χ2v) is 17.4. The van der Waals surface area contributed by atoms with Crippen molar-refractivity contribution in [2.45, 2.75) is 244 Å². The summed E-state index contributed by atoms with van der Waals surface area (Å²) in [5.41, 5.74) is 0. The van der Waals surface area contributed by atoms with Gasteiger partial charge in [0.1, 0.15) is 12.6 Å². The third-order valence-electron chi connectivity index (χ3n) is 11.0. The molecule has 0 saturated carbocycles. The number of carboxylic acids is 1. The lowest BCUT2D eigenvalue weighted by atomic mass is 10.0. The van der Waals surface area contributed by atoms with Gasteiger partial charge in [0.05, 0.1) is 40.3 Å².